The Hall–Kier alpha value is -1.27. The molecule has 0 aromatic heterocycles. The van der Waals surface area contributed by atoms with E-state index in [9.17, 15) is 13.2 Å². The van der Waals surface area contributed by atoms with Crippen LogP contribution in [0.5, 0.6) is 0 Å². The highest BCUT2D eigenvalue weighted by molar-refractivity contribution is 5.45. The van der Waals surface area contributed by atoms with Crippen molar-refractivity contribution in [2.24, 2.45) is 0 Å². The van der Waals surface area contributed by atoms with Gasteiger partial charge in [0.15, 0.2) is 17.5 Å². The summed E-state index contributed by atoms with van der Waals surface area (Å²) in [7, 11) is 0. The molecule has 0 aliphatic rings. The average molecular weight is 235 g/mol. The summed E-state index contributed by atoms with van der Waals surface area (Å²) in [5.74, 6) is -3.97. The second-order valence-corrected chi connectivity index (χ2v) is 2.99. The SMILES string of the molecule is OCCOCCNc1ccc(F)c(F)c1F. The van der Waals surface area contributed by atoms with Crippen molar-refractivity contribution in [3.05, 3.63) is 29.6 Å². The highest BCUT2D eigenvalue weighted by Gasteiger charge is 2.12. The van der Waals surface area contributed by atoms with Crippen molar-refractivity contribution < 1.29 is 23.0 Å². The average Bonchev–Trinajstić information content (AvgIpc) is 2.28. The number of aliphatic hydroxyl groups is 1. The molecule has 0 radical (unpaired) electrons. The fourth-order valence-corrected chi connectivity index (χ4v) is 1.09. The molecule has 0 saturated heterocycles. The minimum absolute atomic E-state index is 0.0977. The second kappa shape index (κ2) is 6.34. The van der Waals surface area contributed by atoms with Crippen molar-refractivity contribution in [1.29, 1.82) is 0 Å². The summed E-state index contributed by atoms with van der Waals surface area (Å²) in [6, 6.07) is 1.95. The molecule has 0 atom stereocenters. The lowest BCUT2D eigenvalue weighted by Gasteiger charge is -2.08. The summed E-state index contributed by atoms with van der Waals surface area (Å²) in [6.45, 7) is 0.558. The van der Waals surface area contributed by atoms with Crippen LogP contribution in [-0.2, 0) is 4.74 Å². The number of anilines is 1. The van der Waals surface area contributed by atoms with E-state index in [4.69, 9.17) is 9.84 Å². The van der Waals surface area contributed by atoms with E-state index in [-0.39, 0.29) is 32.1 Å². The summed E-state index contributed by atoms with van der Waals surface area (Å²) < 4.78 is 43.3. The topological polar surface area (TPSA) is 41.5 Å². The molecule has 2 N–H and O–H groups in total. The largest absolute Gasteiger partial charge is 0.394 e. The van der Waals surface area contributed by atoms with Gasteiger partial charge in [-0.3, -0.25) is 0 Å². The zero-order chi connectivity index (χ0) is 12.0. The molecule has 1 rings (SSSR count). The van der Waals surface area contributed by atoms with Gasteiger partial charge in [-0.15, -0.1) is 0 Å². The van der Waals surface area contributed by atoms with Gasteiger partial charge in [-0.2, -0.15) is 0 Å². The maximum atomic E-state index is 13.1. The fraction of sp³-hybridized carbons (Fsp3) is 0.400. The van der Waals surface area contributed by atoms with E-state index in [0.29, 0.717) is 0 Å². The molecule has 1 aromatic carbocycles. The third-order valence-electron chi connectivity index (χ3n) is 1.83. The molecule has 0 fully saturated rings. The Morgan fingerprint density at radius 1 is 1.12 bits per heavy atom. The van der Waals surface area contributed by atoms with E-state index in [1.54, 1.807) is 0 Å². The van der Waals surface area contributed by atoms with Crippen molar-refractivity contribution in [2.45, 2.75) is 0 Å². The van der Waals surface area contributed by atoms with Crippen molar-refractivity contribution in [3.8, 4) is 0 Å². The van der Waals surface area contributed by atoms with E-state index >= 15 is 0 Å². The highest BCUT2D eigenvalue weighted by Crippen LogP contribution is 2.19. The maximum absolute atomic E-state index is 13.1. The minimum atomic E-state index is -1.50. The first-order valence-corrected chi connectivity index (χ1v) is 4.72. The van der Waals surface area contributed by atoms with Gasteiger partial charge in [-0.05, 0) is 12.1 Å². The van der Waals surface area contributed by atoms with Gasteiger partial charge in [0.05, 0.1) is 25.5 Å². The molecule has 0 heterocycles. The molecule has 0 bridgehead atoms. The zero-order valence-electron chi connectivity index (χ0n) is 8.47. The standard InChI is InChI=1S/C10H12F3NO2/c11-7-1-2-8(10(13)9(7)12)14-3-5-16-6-4-15/h1-2,14-15H,3-6H2. The van der Waals surface area contributed by atoms with Crippen LogP contribution < -0.4 is 5.32 Å². The van der Waals surface area contributed by atoms with Gasteiger partial charge in [0.2, 0.25) is 0 Å². The summed E-state index contributed by atoms with van der Waals surface area (Å²) in [5, 5.41) is 10.9. The number of hydrogen-bond acceptors (Lipinski definition) is 3. The third-order valence-corrected chi connectivity index (χ3v) is 1.83. The molecule has 6 heteroatoms. The quantitative estimate of drug-likeness (QED) is 0.580. The van der Waals surface area contributed by atoms with Crippen LogP contribution in [-0.4, -0.2) is 31.5 Å². The predicted molar refractivity (Wildman–Crippen MR) is 52.7 cm³/mol. The molecule has 1 aromatic rings. The Bertz CT molecular complexity index is 347. The first kappa shape index (κ1) is 12.8. The van der Waals surface area contributed by atoms with Gasteiger partial charge in [0.1, 0.15) is 0 Å². The molecular weight excluding hydrogens is 223 g/mol. The summed E-state index contributed by atoms with van der Waals surface area (Å²) >= 11 is 0. The molecule has 0 aliphatic carbocycles. The Kier molecular flexibility index (Phi) is 5.07. The van der Waals surface area contributed by atoms with Gasteiger partial charge in [0, 0.05) is 6.54 Å². The predicted octanol–water partition coefficient (Wildman–Crippen LogP) is 1.52. The smallest absolute Gasteiger partial charge is 0.196 e. The maximum Gasteiger partial charge on any atom is 0.196 e. The third kappa shape index (κ3) is 3.39. The van der Waals surface area contributed by atoms with Gasteiger partial charge in [0.25, 0.3) is 0 Å². The molecular formula is C10H12F3NO2. The van der Waals surface area contributed by atoms with Crippen molar-refractivity contribution >= 4 is 5.69 Å². The van der Waals surface area contributed by atoms with E-state index in [2.05, 4.69) is 5.32 Å². The van der Waals surface area contributed by atoms with Crippen LogP contribution in [0.25, 0.3) is 0 Å². The highest BCUT2D eigenvalue weighted by atomic mass is 19.2. The summed E-state index contributed by atoms with van der Waals surface area (Å²) in [5.41, 5.74) is -0.119. The molecule has 0 spiro atoms. The molecule has 0 aliphatic heterocycles. The lowest BCUT2D eigenvalue weighted by molar-refractivity contribution is 0.0992. The van der Waals surface area contributed by atoms with Crippen LogP contribution in [0.3, 0.4) is 0 Å². The molecule has 16 heavy (non-hydrogen) atoms. The normalized spacial score (nSPS) is 10.5. The van der Waals surface area contributed by atoms with Crippen LogP contribution in [0.15, 0.2) is 12.1 Å². The summed E-state index contributed by atoms with van der Waals surface area (Å²) in [6.07, 6.45) is 0. The Labute approximate surface area is 90.8 Å². The lowest BCUT2D eigenvalue weighted by Crippen LogP contribution is -2.12. The first-order chi connectivity index (χ1) is 7.66. The molecule has 3 nitrogen and oxygen atoms in total. The number of hydrogen-bond donors (Lipinski definition) is 2. The molecule has 0 amide bonds. The van der Waals surface area contributed by atoms with Crippen molar-refractivity contribution in [3.63, 3.8) is 0 Å². The van der Waals surface area contributed by atoms with Crippen LogP contribution in [0, 0.1) is 17.5 Å². The van der Waals surface area contributed by atoms with Crippen LogP contribution in [0.2, 0.25) is 0 Å². The number of halogens is 3. The van der Waals surface area contributed by atoms with Crippen LogP contribution >= 0.6 is 0 Å². The number of rotatable bonds is 6. The van der Waals surface area contributed by atoms with Crippen molar-refractivity contribution in [1.82, 2.24) is 0 Å². The van der Waals surface area contributed by atoms with Gasteiger partial charge >= 0.3 is 0 Å². The van der Waals surface area contributed by atoms with Crippen LogP contribution in [0.4, 0.5) is 18.9 Å². The molecule has 0 unspecified atom stereocenters. The van der Waals surface area contributed by atoms with E-state index < -0.39 is 17.5 Å². The van der Waals surface area contributed by atoms with E-state index in [0.717, 1.165) is 12.1 Å². The number of benzene rings is 1. The van der Waals surface area contributed by atoms with Crippen molar-refractivity contribution in [2.75, 3.05) is 31.7 Å². The number of ether oxygens (including phenoxy) is 1. The number of nitrogens with one attached hydrogen (secondary N) is 1. The van der Waals surface area contributed by atoms with Gasteiger partial charge in [-0.25, -0.2) is 13.2 Å². The Morgan fingerprint density at radius 2 is 1.88 bits per heavy atom. The molecule has 90 valence electrons. The zero-order valence-corrected chi connectivity index (χ0v) is 8.47. The monoisotopic (exact) mass is 235 g/mol. The fourth-order valence-electron chi connectivity index (χ4n) is 1.09. The van der Waals surface area contributed by atoms with Crippen LogP contribution in [0.1, 0.15) is 0 Å². The van der Waals surface area contributed by atoms with E-state index in [1.807, 2.05) is 0 Å². The van der Waals surface area contributed by atoms with E-state index in [1.165, 1.54) is 0 Å². The number of aliphatic hydroxyl groups excluding tert-OH is 1. The first-order valence-electron chi connectivity index (χ1n) is 4.72. The lowest BCUT2D eigenvalue weighted by atomic mass is 10.3. The molecule has 0 saturated carbocycles. The Balaban J connectivity index is 2.45. The minimum Gasteiger partial charge on any atom is -0.394 e. The van der Waals surface area contributed by atoms with Gasteiger partial charge in [-0.1, -0.05) is 0 Å². The van der Waals surface area contributed by atoms with Gasteiger partial charge < -0.3 is 15.2 Å². The second-order valence-electron chi connectivity index (χ2n) is 2.99. The Morgan fingerprint density at radius 3 is 2.56 bits per heavy atom. The summed E-state index contributed by atoms with van der Waals surface area (Å²) in [4.78, 5) is 0.